The van der Waals surface area contributed by atoms with Crippen LogP contribution in [0.15, 0.2) is 78.0 Å². The van der Waals surface area contributed by atoms with Crippen LogP contribution in [0.2, 0.25) is 10.0 Å². The van der Waals surface area contributed by atoms with Gasteiger partial charge in [0.15, 0.2) is 11.0 Å². The molecule has 0 spiro atoms. The Morgan fingerprint density at radius 2 is 1.69 bits per heavy atom. The molecule has 5 nitrogen and oxygen atoms in total. The zero-order valence-electron chi connectivity index (χ0n) is 18.1. The van der Waals surface area contributed by atoms with Crippen LogP contribution in [0.3, 0.4) is 0 Å². The van der Waals surface area contributed by atoms with E-state index in [0.29, 0.717) is 21.6 Å². The fourth-order valence-electron chi connectivity index (χ4n) is 3.27. The fourth-order valence-corrected chi connectivity index (χ4v) is 4.56. The van der Waals surface area contributed by atoms with E-state index in [9.17, 15) is 18.0 Å². The van der Waals surface area contributed by atoms with Crippen molar-refractivity contribution < 1.29 is 18.0 Å². The predicted molar refractivity (Wildman–Crippen MR) is 132 cm³/mol. The largest absolute Gasteiger partial charge is 0.416 e. The molecule has 1 atom stereocenters. The van der Waals surface area contributed by atoms with Crippen molar-refractivity contribution >= 4 is 46.6 Å². The molecule has 0 fully saturated rings. The summed E-state index contributed by atoms with van der Waals surface area (Å²) < 4.78 is 41.2. The molecular weight excluding hydrogens is 520 g/mol. The van der Waals surface area contributed by atoms with Crippen LogP contribution in [0.5, 0.6) is 0 Å². The van der Waals surface area contributed by atoms with E-state index in [1.165, 1.54) is 0 Å². The number of thioether (sulfide) groups is 1. The van der Waals surface area contributed by atoms with Gasteiger partial charge in [0, 0.05) is 17.6 Å². The van der Waals surface area contributed by atoms with Gasteiger partial charge in [-0.05, 0) is 48.0 Å². The Labute approximate surface area is 213 Å². The molecule has 0 aliphatic carbocycles. The standard InChI is InChI=1S/C24H17Cl2F3N4OS/c1-33-21(15-7-10-17(25)11-8-15)31-32-23(33)35-20(14-5-3-2-4-6-14)22(34)30-19-13-16(24(27,28)29)9-12-18(19)26/h2-13,20H,1H3,(H,30,34)/t20-/m0/s1. The first-order chi connectivity index (χ1) is 16.6. The van der Waals surface area contributed by atoms with Crippen LogP contribution in [0.4, 0.5) is 18.9 Å². The summed E-state index contributed by atoms with van der Waals surface area (Å²) in [6, 6.07) is 18.7. The third-order valence-electron chi connectivity index (χ3n) is 5.05. The molecule has 11 heteroatoms. The van der Waals surface area contributed by atoms with Crippen LogP contribution in [0, 0.1) is 0 Å². The minimum atomic E-state index is -4.58. The van der Waals surface area contributed by atoms with Crippen molar-refractivity contribution in [2.45, 2.75) is 16.6 Å². The summed E-state index contributed by atoms with van der Waals surface area (Å²) in [5, 5.41) is 11.2. The van der Waals surface area contributed by atoms with E-state index in [1.807, 2.05) is 0 Å². The van der Waals surface area contributed by atoms with Gasteiger partial charge >= 0.3 is 6.18 Å². The molecule has 1 heterocycles. The molecule has 0 aliphatic rings. The third-order valence-corrected chi connectivity index (χ3v) is 6.92. The number of halogens is 5. The summed E-state index contributed by atoms with van der Waals surface area (Å²) in [5.41, 5.74) is 0.372. The average Bonchev–Trinajstić information content (AvgIpc) is 3.19. The molecule has 0 radical (unpaired) electrons. The third kappa shape index (κ3) is 5.80. The molecule has 0 saturated heterocycles. The topological polar surface area (TPSA) is 59.8 Å². The Bertz CT molecular complexity index is 1350. The zero-order valence-corrected chi connectivity index (χ0v) is 20.4. The quantitative estimate of drug-likeness (QED) is 0.263. The molecule has 4 rings (SSSR count). The lowest BCUT2D eigenvalue weighted by Gasteiger charge is -2.18. The molecule has 1 aromatic heterocycles. The lowest BCUT2D eigenvalue weighted by molar-refractivity contribution is -0.137. The van der Waals surface area contributed by atoms with Crippen molar-refractivity contribution in [2.75, 3.05) is 5.32 Å². The van der Waals surface area contributed by atoms with Gasteiger partial charge in [0.2, 0.25) is 5.91 Å². The number of anilines is 1. The second-order valence-corrected chi connectivity index (χ2v) is 9.38. The number of carbonyl (C=O) groups excluding carboxylic acids is 1. The summed E-state index contributed by atoms with van der Waals surface area (Å²) in [4.78, 5) is 13.3. The number of hydrogen-bond donors (Lipinski definition) is 1. The smallest absolute Gasteiger partial charge is 0.323 e. The first-order valence-electron chi connectivity index (χ1n) is 10.2. The Balaban J connectivity index is 1.65. The molecule has 35 heavy (non-hydrogen) atoms. The number of aromatic nitrogens is 3. The van der Waals surface area contributed by atoms with Crippen LogP contribution in [0.1, 0.15) is 16.4 Å². The highest BCUT2D eigenvalue weighted by Crippen LogP contribution is 2.38. The van der Waals surface area contributed by atoms with Gasteiger partial charge in [-0.3, -0.25) is 4.79 Å². The number of alkyl halides is 3. The highest BCUT2D eigenvalue weighted by Gasteiger charge is 2.32. The number of amides is 1. The highest BCUT2D eigenvalue weighted by atomic mass is 35.5. The summed E-state index contributed by atoms with van der Waals surface area (Å²) in [5.74, 6) is 0.00998. The molecule has 1 amide bonds. The van der Waals surface area contributed by atoms with Gasteiger partial charge in [0.25, 0.3) is 0 Å². The first-order valence-corrected chi connectivity index (χ1v) is 11.8. The van der Waals surface area contributed by atoms with E-state index in [2.05, 4.69) is 15.5 Å². The van der Waals surface area contributed by atoms with Crippen molar-refractivity contribution in [2.24, 2.45) is 7.05 Å². The van der Waals surface area contributed by atoms with Gasteiger partial charge in [-0.1, -0.05) is 65.3 Å². The van der Waals surface area contributed by atoms with Gasteiger partial charge in [-0.25, -0.2) is 0 Å². The molecule has 4 aromatic rings. The molecule has 0 aliphatic heterocycles. The van der Waals surface area contributed by atoms with Crippen LogP contribution in [-0.4, -0.2) is 20.7 Å². The molecule has 0 unspecified atom stereocenters. The summed E-state index contributed by atoms with van der Waals surface area (Å²) in [6.45, 7) is 0. The molecule has 0 bridgehead atoms. The number of nitrogens with one attached hydrogen (secondary N) is 1. The van der Waals surface area contributed by atoms with Crippen molar-refractivity contribution in [1.82, 2.24) is 14.8 Å². The summed E-state index contributed by atoms with van der Waals surface area (Å²) in [7, 11) is 1.76. The van der Waals surface area contributed by atoms with Crippen LogP contribution in [-0.2, 0) is 18.0 Å². The van der Waals surface area contributed by atoms with Gasteiger partial charge in [-0.15, -0.1) is 10.2 Å². The Hall–Kier alpha value is -3.01. The Morgan fingerprint density at radius 1 is 1.00 bits per heavy atom. The number of benzene rings is 3. The van der Waals surface area contributed by atoms with E-state index in [1.54, 1.807) is 66.2 Å². The van der Waals surface area contributed by atoms with Gasteiger partial charge in [0.05, 0.1) is 16.3 Å². The summed E-state index contributed by atoms with van der Waals surface area (Å²) >= 11 is 13.2. The van der Waals surface area contributed by atoms with E-state index in [4.69, 9.17) is 23.2 Å². The maximum Gasteiger partial charge on any atom is 0.416 e. The van der Waals surface area contributed by atoms with E-state index in [-0.39, 0.29) is 10.7 Å². The molecule has 3 aromatic carbocycles. The Morgan fingerprint density at radius 3 is 2.34 bits per heavy atom. The lowest BCUT2D eigenvalue weighted by Crippen LogP contribution is -2.20. The van der Waals surface area contributed by atoms with E-state index < -0.39 is 22.9 Å². The number of carbonyl (C=O) groups is 1. The SMILES string of the molecule is Cn1c(S[C@H](C(=O)Nc2cc(C(F)(F)F)ccc2Cl)c2ccccc2)nnc1-c1ccc(Cl)cc1. The normalized spacial score (nSPS) is 12.4. The van der Waals surface area contributed by atoms with Crippen molar-refractivity contribution in [1.29, 1.82) is 0 Å². The van der Waals surface area contributed by atoms with Gasteiger partial charge in [-0.2, -0.15) is 13.2 Å². The molecular formula is C24H17Cl2F3N4OS. The van der Waals surface area contributed by atoms with Crippen molar-refractivity contribution in [3.05, 3.63) is 94.0 Å². The van der Waals surface area contributed by atoms with Crippen molar-refractivity contribution in [3.8, 4) is 11.4 Å². The second kappa shape index (κ2) is 10.3. The van der Waals surface area contributed by atoms with Crippen LogP contribution < -0.4 is 5.32 Å². The molecule has 1 N–H and O–H groups in total. The predicted octanol–water partition coefficient (Wildman–Crippen LogP) is 7.28. The minimum Gasteiger partial charge on any atom is -0.323 e. The molecule has 180 valence electrons. The zero-order chi connectivity index (χ0) is 25.2. The number of rotatable bonds is 6. The Kier molecular flexibility index (Phi) is 7.39. The fraction of sp³-hybridized carbons (Fsp3) is 0.125. The van der Waals surface area contributed by atoms with Crippen LogP contribution in [0.25, 0.3) is 11.4 Å². The molecule has 0 saturated carbocycles. The van der Waals surface area contributed by atoms with Gasteiger partial charge < -0.3 is 9.88 Å². The maximum absolute atomic E-state index is 13.3. The van der Waals surface area contributed by atoms with E-state index >= 15 is 0 Å². The monoisotopic (exact) mass is 536 g/mol. The maximum atomic E-state index is 13.3. The van der Waals surface area contributed by atoms with Gasteiger partial charge in [0.1, 0.15) is 5.25 Å². The van der Waals surface area contributed by atoms with Crippen LogP contribution >= 0.6 is 35.0 Å². The minimum absolute atomic E-state index is 0.00755. The number of hydrogen-bond acceptors (Lipinski definition) is 4. The summed E-state index contributed by atoms with van der Waals surface area (Å²) in [6.07, 6.45) is -4.58. The second-order valence-electron chi connectivity index (χ2n) is 7.46. The average molecular weight is 537 g/mol. The lowest BCUT2D eigenvalue weighted by atomic mass is 10.1. The first kappa shape index (κ1) is 25.1. The van der Waals surface area contributed by atoms with E-state index in [0.717, 1.165) is 35.5 Å². The number of nitrogens with zero attached hydrogens (tertiary/aromatic N) is 3. The highest BCUT2D eigenvalue weighted by molar-refractivity contribution is 8.00. The van der Waals surface area contributed by atoms with Crippen molar-refractivity contribution in [3.63, 3.8) is 0 Å².